The first-order chi connectivity index (χ1) is 16.3. The summed E-state index contributed by atoms with van der Waals surface area (Å²) < 4.78 is 2.24. The molecule has 0 saturated heterocycles. The van der Waals surface area contributed by atoms with Crippen LogP contribution in [0.4, 0.5) is 0 Å². The van der Waals surface area contributed by atoms with Crippen LogP contribution in [0, 0.1) is 5.41 Å². The van der Waals surface area contributed by atoms with Crippen LogP contribution in [0.5, 0.6) is 0 Å². The van der Waals surface area contributed by atoms with Gasteiger partial charge in [-0.25, -0.2) is 0 Å². The van der Waals surface area contributed by atoms with Crippen LogP contribution in [-0.2, 0) is 11.8 Å². The molecular weight excluding hydrogens is 544 g/mol. The highest BCUT2D eigenvalue weighted by Gasteiger charge is 2.47. The monoisotopic (exact) mass is 570 g/mol. The first-order valence-electron chi connectivity index (χ1n) is 12.1. The zero-order valence-corrected chi connectivity index (χ0v) is 23.0. The van der Waals surface area contributed by atoms with E-state index in [1.165, 1.54) is 51.8 Å². The second kappa shape index (κ2) is 7.93. The van der Waals surface area contributed by atoms with Gasteiger partial charge in [-0.15, -0.1) is 0 Å². The van der Waals surface area contributed by atoms with Gasteiger partial charge in [0, 0.05) is 8.95 Å². The fraction of sp³-hybridized carbons (Fsp3) is 0.250. The number of rotatable bonds is 3. The normalized spacial score (nSPS) is 17.5. The molecule has 2 aliphatic carbocycles. The van der Waals surface area contributed by atoms with Gasteiger partial charge in [0.2, 0.25) is 0 Å². The average Bonchev–Trinajstić information content (AvgIpc) is 3.06. The molecule has 0 amide bonds. The Labute approximate surface area is 219 Å². The van der Waals surface area contributed by atoms with Crippen LogP contribution in [0.2, 0.25) is 0 Å². The van der Waals surface area contributed by atoms with Gasteiger partial charge < -0.3 is 0 Å². The van der Waals surface area contributed by atoms with Crippen molar-refractivity contribution >= 4 is 31.9 Å². The Balaban J connectivity index is 1.62. The Hall–Kier alpha value is -2.16. The lowest BCUT2D eigenvalue weighted by Gasteiger charge is -2.39. The van der Waals surface area contributed by atoms with Crippen molar-refractivity contribution in [2.24, 2.45) is 5.41 Å². The fourth-order valence-electron chi connectivity index (χ4n) is 6.32. The summed E-state index contributed by atoms with van der Waals surface area (Å²) >= 11 is 7.57. The number of halogens is 2. The van der Waals surface area contributed by atoms with E-state index < -0.39 is 0 Å². The molecule has 0 aromatic heterocycles. The summed E-state index contributed by atoms with van der Waals surface area (Å²) in [6, 6.07) is 31.9. The second-order valence-corrected chi connectivity index (χ2v) is 12.9. The highest BCUT2D eigenvalue weighted by atomic mass is 79.9. The minimum absolute atomic E-state index is 0.344. The average molecular weight is 572 g/mol. The van der Waals surface area contributed by atoms with Gasteiger partial charge in [0.25, 0.3) is 0 Å². The van der Waals surface area contributed by atoms with Gasteiger partial charge in [0.15, 0.2) is 0 Å². The van der Waals surface area contributed by atoms with Crippen LogP contribution in [-0.4, -0.2) is 0 Å². The Morgan fingerprint density at radius 1 is 0.735 bits per heavy atom. The summed E-state index contributed by atoms with van der Waals surface area (Å²) in [6.45, 7) is 7.06. The largest absolute Gasteiger partial charge is 0.0714 e. The Bertz CT molecular complexity index is 1360. The number of hydrogen-bond acceptors (Lipinski definition) is 0. The van der Waals surface area contributed by atoms with E-state index in [4.69, 9.17) is 0 Å². The van der Waals surface area contributed by atoms with Gasteiger partial charge in [0.05, 0.1) is 5.41 Å². The predicted molar refractivity (Wildman–Crippen MR) is 150 cm³/mol. The maximum Gasteiger partial charge on any atom is 0.0714 e. The maximum atomic E-state index is 3.78. The summed E-state index contributed by atoms with van der Waals surface area (Å²) in [6.07, 6.45) is 2.43. The number of benzene rings is 4. The van der Waals surface area contributed by atoms with Crippen LogP contribution < -0.4 is 0 Å². The van der Waals surface area contributed by atoms with E-state index >= 15 is 0 Å². The minimum atomic E-state index is -0.344. The lowest BCUT2D eigenvalue weighted by atomic mass is 9.64. The third-order valence-corrected chi connectivity index (χ3v) is 8.60. The summed E-state index contributed by atoms with van der Waals surface area (Å²) in [7, 11) is 0. The Morgan fingerprint density at radius 3 is 1.91 bits per heavy atom. The lowest BCUT2D eigenvalue weighted by Crippen LogP contribution is -2.30. The first-order valence-corrected chi connectivity index (χ1v) is 13.7. The molecule has 1 unspecified atom stereocenters. The van der Waals surface area contributed by atoms with Crippen molar-refractivity contribution in [1.82, 2.24) is 0 Å². The highest BCUT2D eigenvalue weighted by molar-refractivity contribution is 9.10. The van der Waals surface area contributed by atoms with Crippen LogP contribution in [0.25, 0.3) is 11.1 Å². The van der Waals surface area contributed by atoms with E-state index in [2.05, 4.69) is 138 Å². The molecule has 0 heterocycles. The molecule has 0 radical (unpaired) electrons. The quantitative estimate of drug-likeness (QED) is 0.202. The van der Waals surface area contributed by atoms with Gasteiger partial charge in [0.1, 0.15) is 0 Å². The molecule has 1 atom stereocenters. The maximum absolute atomic E-state index is 3.78. The van der Waals surface area contributed by atoms with Crippen LogP contribution in [0.15, 0.2) is 93.9 Å². The summed E-state index contributed by atoms with van der Waals surface area (Å²) in [4.78, 5) is 0. The summed E-state index contributed by atoms with van der Waals surface area (Å²) in [5.74, 6) is 0.683. The van der Waals surface area contributed by atoms with E-state index in [1.54, 1.807) is 5.56 Å². The van der Waals surface area contributed by atoms with Gasteiger partial charge in [-0.2, -0.15) is 0 Å². The zero-order valence-electron chi connectivity index (χ0n) is 19.8. The topological polar surface area (TPSA) is 0 Å². The molecule has 4 aromatic carbocycles. The molecule has 2 aliphatic rings. The molecule has 0 nitrogen and oxygen atoms in total. The van der Waals surface area contributed by atoms with E-state index in [0.717, 1.165) is 8.95 Å². The van der Waals surface area contributed by atoms with Crippen molar-refractivity contribution in [1.29, 1.82) is 0 Å². The SMILES string of the molecule is CC(C)(C)CC1Cc2cc(C3(c4ccccc4)c4cc(Br)ccc4-c4ccc(Br)cc43)ccc21. The van der Waals surface area contributed by atoms with Crippen molar-refractivity contribution in [3.63, 3.8) is 0 Å². The molecule has 0 aliphatic heterocycles. The highest BCUT2D eigenvalue weighted by Crippen LogP contribution is 2.58. The van der Waals surface area contributed by atoms with Gasteiger partial charge >= 0.3 is 0 Å². The van der Waals surface area contributed by atoms with Crippen molar-refractivity contribution in [2.75, 3.05) is 0 Å². The fourth-order valence-corrected chi connectivity index (χ4v) is 7.05. The van der Waals surface area contributed by atoms with Crippen LogP contribution >= 0.6 is 31.9 Å². The van der Waals surface area contributed by atoms with Crippen molar-refractivity contribution in [3.8, 4) is 11.1 Å². The van der Waals surface area contributed by atoms with E-state index in [9.17, 15) is 0 Å². The molecule has 0 saturated carbocycles. The summed E-state index contributed by atoms with van der Waals surface area (Å²) in [5, 5.41) is 0. The molecule has 0 bridgehead atoms. The number of fused-ring (bicyclic) bond motifs is 4. The van der Waals surface area contributed by atoms with Gasteiger partial charge in [-0.1, -0.05) is 113 Å². The Morgan fingerprint density at radius 2 is 1.35 bits per heavy atom. The zero-order chi connectivity index (χ0) is 23.7. The Kier molecular flexibility index (Phi) is 5.21. The molecule has 0 N–H and O–H groups in total. The third-order valence-electron chi connectivity index (χ3n) is 7.61. The summed E-state index contributed by atoms with van der Waals surface area (Å²) in [5.41, 5.74) is 11.1. The molecule has 170 valence electrons. The molecule has 2 heteroatoms. The van der Waals surface area contributed by atoms with E-state index in [0.29, 0.717) is 11.3 Å². The third kappa shape index (κ3) is 3.37. The van der Waals surface area contributed by atoms with Crippen molar-refractivity contribution in [2.45, 2.75) is 44.9 Å². The second-order valence-electron chi connectivity index (χ2n) is 11.1. The molecule has 4 aromatic rings. The van der Waals surface area contributed by atoms with Crippen molar-refractivity contribution in [3.05, 3.63) is 127 Å². The van der Waals surface area contributed by atoms with E-state index in [1.807, 2.05) is 0 Å². The van der Waals surface area contributed by atoms with Crippen LogP contribution in [0.1, 0.15) is 66.5 Å². The van der Waals surface area contributed by atoms with Gasteiger partial charge in [-0.3, -0.25) is 0 Å². The van der Waals surface area contributed by atoms with E-state index in [-0.39, 0.29) is 5.41 Å². The first kappa shape index (κ1) is 22.3. The lowest BCUT2D eigenvalue weighted by molar-refractivity contribution is 0.323. The molecule has 0 fully saturated rings. The molecular formula is C32H28Br2. The molecule has 6 rings (SSSR count). The molecule has 0 spiro atoms. The standard InChI is InChI=1S/C32H28Br2/c1-31(2,3)19-21-15-20-16-23(9-12-26(20)21)32(22-7-5-4-6-8-22)29-17-24(33)10-13-27(29)28-14-11-25(34)18-30(28)32/h4-14,16-18,21H,15,19H2,1-3H3. The predicted octanol–water partition coefficient (Wildman–Crippen LogP) is 9.65. The smallest absolute Gasteiger partial charge is 0.0622 e. The minimum Gasteiger partial charge on any atom is -0.0622 e. The number of hydrogen-bond donors (Lipinski definition) is 0. The van der Waals surface area contributed by atoms with Gasteiger partial charge in [-0.05, 0) is 92.9 Å². The van der Waals surface area contributed by atoms with Crippen molar-refractivity contribution < 1.29 is 0 Å². The van der Waals surface area contributed by atoms with Crippen LogP contribution in [0.3, 0.4) is 0 Å². The molecule has 34 heavy (non-hydrogen) atoms.